The first-order chi connectivity index (χ1) is 8.93. The van der Waals surface area contributed by atoms with Crippen molar-refractivity contribution >= 4 is 0 Å². The summed E-state index contributed by atoms with van der Waals surface area (Å²) < 4.78 is 5.63. The molecule has 0 spiro atoms. The van der Waals surface area contributed by atoms with Crippen molar-refractivity contribution in [2.24, 2.45) is 0 Å². The SMILES string of the molecule is c1cc2c(c(CNCC3CCCO3)c1)CCNC2. The number of benzene rings is 1. The fourth-order valence-electron chi connectivity index (χ4n) is 2.95. The van der Waals surface area contributed by atoms with Gasteiger partial charge < -0.3 is 15.4 Å². The topological polar surface area (TPSA) is 33.3 Å². The van der Waals surface area contributed by atoms with Crippen LogP contribution in [-0.2, 0) is 24.2 Å². The molecule has 0 amide bonds. The third-order valence-corrected chi connectivity index (χ3v) is 3.95. The first-order valence-electron chi connectivity index (χ1n) is 7.06. The highest BCUT2D eigenvalue weighted by Gasteiger charge is 2.15. The molecule has 0 radical (unpaired) electrons. The number of hydrogen-bond donors (Lipinski definition) is 2. The van der Waals surface area contributed by atoms with Crippen molar-refractivity contribution in [3.63, 3.8) is 0 Å². The Morgan fingerprint density at radius 3 is 3.28 bits per heavy atom. The lowest BCUT2D eigenvalue weighted by Gasteiger charge is -2.21. The third-order valence-electron chi connectivity index (χ3n) is 3.95. The predicted octanol–water partition coefficient (Wildman–Crippen LogP) is 1.60. The molecule has 1 saturated heterocycles. The molecule has 1 unspecified atom stereocenters. The Kier molecular flexibility index (Phi) is 3.93. The minimum atomic E-state index is 0.436. The van der Waals surface area contributed by atoms with E-state index in [2.05, 4.69) is 28.8 Å². The van der Waals surface area contributed by atoms with E-state index in [0.29, 0.717) is 6.10 Å². The van der Waals surface area contributed by atoms with Gasteiger partial charge in [-0.25, -0.2) is 0 Å². The van der Waals surface area contributed by atoms with E-state index in [9.17, 15) is 0 Å². The molecule has 1 atom stereocenters. The Morgan fingerprint density at radius 1 is 1.39 bits per heavy atom. The van der Waals surface area contributed by atoms with Gasteiger partial charge in [-0.3, -0.25) is 0 Å². The summed E-state index contributed by atoms with van der Waals surface area (Å²) in [6, 6.07) is 6.67. The third kappa shape index (κ3) is 2.74. The number of rotatable bonds is 4. The normalized spacial score (nSPS) is 23.0. The molecule has 1 aromatic rings. The van der Waals surface area contributed by atoms with Crippen molar-refractivity contribution in [2.75, 3.05) is 19.7 Å². The second-order valence-corrected chi connectivity index (χ2v) is 5.25. The van der Waals surface area contributed by atoms with Gasteiger partial charge in [0.2, 0.25) is 0 Å². The van der Waals surface area contributed by atoms with E-state index in [4.69, 9.17) is 4.74 Å². The Hall–Kier alpha value is -0.900. The summed E-state index contributed by atoms with van der Waals surface area (Å²) in [4.78, 5) is 0. The Bertz CT molecular complexity index is 399. The minimum Gasteiger partial charge on any atom is -0.377 e. The molecule has 3 nitrogen and oxygen atoms in total. The molecule has 3 heteroatoms. The molecular weight excluding hydrogens is 224 g/mol. The van der Waals surface area contributed by atoms with Gasteiger partial charge >= 0.3 is 0 Å². The number of ether oxygens (including phenoxy) is 1. The largest absolute Gasteiger partial charge is 0.377 e. The maximum atomic E-state index is 5.63. The lowest BCUT2D eigenvalue weighted by Crippen LogP contribution is -2.28. The lowest BCUT2D eigenvalue weighted by atomic mass is 9.95. The van der Waals surface area contributed by atoms with Crippen molar-refractivity contribution in [1.82, 2.24) is 10.6 Å². The van der Waals surface area contributed by atoms with Crippen molar-refractivity contribution in [3.8, 4) is 0 Å². The van der Waals surface area contributed by atoms with Crippen LogP contribution in [0.5, 0.6) is 0 Å². The first kappa shape index (κ1) is 12.2. The van der Waals surface area contributed by atoms with E-state index < -0.39 is 0 Å². The summed E-state index contributed by atoms with van der Waals surface area (Å²) in [5.41, 5.74) is 4.49. The highest BCUT2D eigenvalue weighted by atomic mass is 16.5. The van der Waals surface area contributed by atoms with Crippen LogP contribution in [0.1, 0.15) is 29.5 Å². The van der Waals surface area contributed by atoms with Crippen LogP contribution >= 0.6 is 0 Å². The van der Waals surface area contributed by atoms with Gasteiger partial charge in [0.15, 0.2) is 0 Å². The second kappa shape index (κ2) is 5.83. The summed E-state index contributed by atoms with van der Waals surface area (Å²) >= 11 is 0. The Morgan fingerprint density at radius 2 is 2.39 bits per heavy atom. The highest BCUT2D eigenvalue weighted by molar-refractivity contribution is 5.36. The van der Waals surface area contributed by atoms with Crippen LogP contribution < -0.4 is 10.6 Å². The Labute approximate surface area is 109 Å². The van der Waals surface area contributed by atoms with E-state index in [1.54, 1.807) is 5.56 Å². The summed E-state index contributed by atoms with van der Waals surface area (Å²) in [6.07, 6.45) is 4.03. The van der Waals surface area contributed by atoms with Crippen molar-refractivity contribution < 1.29 is 4.74 Å². The molecule has 2 heterocycles. The molecule has 0 bridgehead atoms. The molecule has 1 aromatic carbocycles. The van der Waals surface area contributed by atoms with Gasteiger partial charge in [0.1, 0.15) is 0 Å². The lowest BCUT2D eigenvalue weighted by molar-refractivity contribution is 0.110. The van der Waals surface area contributed by atoms with E-state index in [1.807, 2.05) is 0 Å². The molecule has 0 aliphatic carbocycles. The van der Waals surface area contributed by atoms with Crippen LogP contribution in [0.25, 0.3) is 0 Å². The summed E-state index contributed by atoms with van der Waals surface area (Å²) in [5, 5.41) is 6.98. The van der Waals surface area contributed by atoms with E-state index in [-0.39, 0.29) is 0 Å². The zero-order valence-corrected chi connectivity index (χ0v) is 10.9. The molecule has 1 fully saturated rings. The highest BCUT2D eigenvalue weighted by Crippen LogP contribution is 2.18. The molecule has 0 aromatic heterocycles. The van der Waals surface area contributed by atoms with Gasteiger partial charge in [-0.1, -0.05) is 18.2 Å². The number of fused-ring (bicyclic) bond motifs is 1. The molecule has 0 saturated carbocycles. The summed E-state index contributed by atoms with van der Waals surface area (Å²) in [5.74, 6) is 0. The van der Waals surface area contributed by atoms with Crippen LogP contribution in [0.4, 0.5) is 0 Å². The van der Waals surface area contributed by atoms with Crippen molar-refractivity contribution in [2.45, 2.75) is 38.5 Å². The molecule has 18 heavy (non-hydrogen) atoms. The van der Waals surface area contributed by atoms with E-state index in [1.165, 1.54) is 24.0 Å². The standard InChI is InChI=1S/C15H22N2O/c1-3-12-9-16-7-6-15(12)13(4-1)10-17-11-14-5-2-8-18-14/h1,3-4,14,16-17H,2,5-11H2. The second-order valence-electron chi connectivity index (χ2n) is 5.25. The number of hydrogen-bond acceptors (Lipinski definition) is 3. The van der Waals surface area contributed by atoms with Crippen LogP contribution in [0.15, 0.2) is 18.2 Å². The Balaban J connectivity index is 1.58. The van der Waals surface area contributed by atoms with Crippen LogP contribution in [0.2, 0.25) is 0 Å². The average molecular weight is 246 g/mol. The van der Waals surface area contributed by atoms with E-state index in [0.717, 1.165) is 39.2 Å². The molecule has 2 N–H and O–H groups in total. The number of nitrogens with one attached hydrogen (secondary N) is 2. The summed E-state index contributed by atoms with van der Waals surface area (Å²) in [7, 11) is 0. The van der Waals surface area contributed by atoms with Crippen LogP contribution in [-0.4, -0.2) is 25.8 Å². The maximum Gasteiger partial charge on any atom is 0.0700 e. The van der Waals surface area contributed by atoms with Crippen molar-refractivity contribution in [1.29, 1.82) is 0 Å². The van der Waals surface area contributed by atoms with Crippen LogP contribution in [0, 0.1) is 0 Å². The van der Waals surface area contributed by atoms with Gasteiger partial charge in [0.05, 0.1) is 6.10 Å². The molecule has 2 aliphatic rings. The van der Waals surface area contributed by atoms with Gasteiger partial charge in [0.25, 0.3) is 0 Å². The van der Waals surface area contributed by atoms with Gasteiger partial charge in [-0.05, 0) is 42.5 Å². The zero-order chi connectivity index (χ0) is 12.2. The maximum absolute atomic E-state index is 5.63. The molecule has 98 valence electrons. The molecule has 3 rings (SSSR count). The fraction of sp³-hybridized carbons (Fsp3) is 0.600. The van der Waals surface area contributed by atoms with Gasteiger partial charge in [-0.2, -0.15) is 0 Å². The van der Waals surface area contributed by atoms with Crippen LogP contribution in [0.3, 0.4) is 0 Å². The summed E-state index contributed by atoms with van der Waals surface area (Å²) in [6.45, 7) is 5.04. The average Bonchev–Trinajstić information content (AvgIpc) is 2.92. The van der Waals surface area contributed by atoms with E-state index >= 15 is 0 Å². The van der Waals surface area contributed by atoms with Crippen molar-refractivity contribution in [3.05, 3.63) is 34.9 Å². The monoisotopic (exact) mass is 246 g/mol. The molecule has 2 aliphatic heterocycles. The zero-order valence-electron chi connectivity index (χ0n) is 10.9. The van der Waals surface area contributed by atoms with Gasteiger partial charge in [-0.15, -0.1) is 0 Å². The smallest absolute Gasteiger partial charge is 0.0700 e. The predicted molar refractivity (Wildman–Crippen MR) is 72.5 cm³/mol. The quantitative estimate of drug-likeness (QED) is 0.846. The molecular formula is C15H22N2O. The fourth-order valence-corrected chi connectivity index (χ4v) is 2.95. The minimum absolute atomic E-state index is 0.436. The first-order valence-corrected chi connectivity index (χ1v) is 7.06. The van der Waals surface area contributed by atoms with Gasteiger partial charge in [0, 0.05) is 26.2 Å².